The molecule has 0 unspecified atom stereocenters. The van der Waals surface area contributed by atoms with Crippen molar-refractivity contribution in [2.45, 2.75) is 18.4 Å². The van der Waals surface area contributed by atoms with E-state index in [1.165, 1.54) is 6.39 Å². The average molecular weight is 217 g/mol. The number of fused-ring (bicyclic) bond motifs is 1. The number of oxazole rings is 1. The number of carbonyl (C=O) groups is 1. The third-order valence-corrected chi connectivity index (χ3v) is 2.83. The summed E-state index contributed by atoms with van der Waals surface area (Å²) in [5.41, 5.74) is 7.24. The number of rotatable bonds is 2. The van der Waals surface area contributed by atoms with Crippen LogP contribution in [0, 0.1) is 0 Å². The molecule has 1 aromatic heterocycles. The Hall–Kier alpha value is -1.88. The number of carbonyl (C=O) groups excluding carboxylic acids is 1. The van der Waals surface area contributed by atoms with Crippen LogP contribution >= 0.6 is 0 Å². The minimum atomic E-state index is -0.656. The van der Waals surface area contributed by atoms with Crippen LogP contribution in [0.4, 0.5) is 5.69 Å². The van der Waals surface area contributed by atoms with E-state index >= 15 is 0 Å². The molecule has 1 heterocycles. The topological polar surface area (TPSA) is 81.2 Å². The van der Waals surface area contributed by atoms with Gasteiger partial charge in [-0.05, 0) is 25.0 Å². The van der Waals surface area contributed by atoms with Crippen molar-refractivity contribution in [2.75, 3.05) is 5.32 Å². The summed E-state index contributed by atoms with van der Waals surface area (Å²) in [6, 6.07) is 5.32. The Morgan fingerprint density at radius 3 is 3.06 bits per heavy atom. The second-order valence-corrected chi connectivity index (χ2v) is 4.15. The average Bonchev–Trinajstić information content (AvgIpc) is 2.87. The number of nitrogens with one attached hydrogen (secondary N) is 1. The maximum absolute atomic E-state index is 11.7. The summed E-state index contributed by atoms with van der Waals surface area (Å²) in [7, 11) is 0. The monoisotopic (exact) mass is 217 g/mol. The molecule has 1 aliphatic carbocycles. The van der Waals surface area contributed by atoms with Gasteiger partial charge < -0.3 is 15.5 Å². The standard InChI is InChI=1S/C11H11N3O2/c12-11(3-4-11)10(15)14-7-1-2-8-9(5-7)16-6-13-8/h1-2,5-6H,3-4,12H2,(H,14,15). The van der Waals surface area contributed by atoms with Crippen molar-refractivity contribution in [3.63, 3.8) is 0 Å². The SMILES string of the molecule is NC1(C(=O)Nc2ccc3ncoc3c2)CC1. The van der Waals surface area contributed by atoms with Gasteiger partial charge in [-0.3, -0.25) is 4.79 Å². The van der Waals surface area contributed by atoms with E-state index in [2.05, 4.69) is 10.3 Å². The summed E-state index contributed by atoms with van der Waals surface area (Å²) in [5, 5.41) is 2.77. The highest BCUT2D eigenvalue weighted by atomic mass is 16.3. The normalized spacial score (nSPS) is 17.3. The summed E-state index contributed by atoms with van der Waals surface area (Å²) < 4.78 is 5.15. The molecule has 5 nitrogen and oxygen atoms in total. The highest BCUT2D eigenvalue weighted by Crippen LogP contribution is 2.33. The first-order valence-electron chi connectivity index (χ1n) is 5.11. The molecule has 16 heavy (non-hydrogen) atoms. The summed E-state index contributed by atoms with van der Waals surface area (Å²) in [6.07, 6.45) is 2.88. The van der Waals surface area contributed by atoms with Crippen molar-refractivity contribution in [1.29, 1.82) is 0 Å². The molecule has 1 amide bonds. The van der Waals surface area contributed by atoms with Gasteiger partial charge in [-0.25, -0.2) is 4.98 Å². The summed E-state index contributed by atoms with van der Waals surface area (Å²) in [6.45, 7) is 0. The maximum atomic E-state index is 11.7. The van der Waals surface area contributed by atoms with Gasteiger partial charge in [0.05, 0.1) is 5.54 Å². The number of anilines is 1. The first kappa shape index (κ1) is 9.35. The lowest BCUT2D eigenvalue weighted by molar-refractivity contribution is -0.118. The molecule has 3 N–H and O–H groups in total. The zero-order valence-corrected chi connectivity index (χ0v) is 8.56. The number of amides is 1. The van der Waals surface area contributed by atoms with Crippen molar-refractivity contribution in [1.82, 2.24) is 4.98 Å². The van der Waals surface area contributed by atoms with Gasteiger partial charge >= 0.3 is 0 Å². The molecule has 1 aliphatic rings. The molecular weight excluding hydrogens is 206 g/mol. The van der Waals surface area contributed by atoms with Gasteiger partial charge in [0.15, 0.2) is 12.0 Å². The van der Waals surface area contributed by atoms with E-state index in [4.69, 9.17) is 10.2 Å². The molecule has 0 aliphatic heterocycles. The number of nitrogens with zero attached hydrogens (tertiary/aromatic N) is 1. The lowest BCUT2D eigenvalue weighted by Gasteiger charge is -2.09. The van der Waals surface area contributed by atoms with Crippen LogP contribution in [-0.4, -0.2) is 16.4 Å². The summed E-state index contributed by atoms with van der Waals surface area (Å²) >= 11 is 0. The largest absolute Gasteiger partial charge is 0.443 e. The Morgan fingerprint density at radius 2 is 2.31 bits per heavy atom. The van der Waals surface area contributed by atoms with Gasteiger partial charge in [0.2, 0.25) is 5.91 Å². The molecule has 1 saturated carbocycles. The fraction of sp³-hybridized carbons (Fsp3) is 0.273. The predicted molar refractivity (Wildman–Crippen MR) is 58.8 cm³/mol. The van der Waals surface area contributed by atoms with Crippen LogP contribution in [0.15, 0.2) is 29.0 Å². The number of nitrogens with two attached hydrogens (primary N) is 1. The highest BCUT2D eigenvalue weighted by Gasteiger charge is 2.45. The molecule has 0 spiro atoms. The van der Waals surface area contributed by atoms with Crippen LogP contribution in [0.5, 0.6) is 0 Å². The van der Waals surface area contributed by atoms with Gasteiger partial charge in [-0.1, -0.05) is 0 Å². The lowest BCUT2D eigenvalue weighted by atomic mass is 10.2. The minimum absolute atomic E-state index is 0.133. The van der Waals surface area contributed by atoms with Crippen LogP contribution in [0.2, 0.25) is 0 Å². The van der Waals surface area contributed by atoms with Crippen molar-refractivity contribution in [3.8, 4) is 0 Å². The smallest absolute Gasteiger partial charge is 0.244 e. The molecule has 0 bridgehead atoms. The first-order chi connectivity index (χ1) is 7.67. The zero-order valence-electron chi connectivity index (χ0n) is 8.56. The van der Waals surface area contributed by atoms with Gasteiger partial charge in [0, 0.05) is 11.8 Å². The Labute approximate surface area is 91.6 Å². The minimum Gasteiger partial charge on any atom is -0.443 e. The van der Waals surface area contributed by atoms with Crippen LogP contribution in [-0.2, 0) is 4.79 Å². The van der Waals surface area contributed by atoms with Gasteiger partial charge in [0.25, 0.3) is 0 Å². The Morgan fingerprint density at radius 1 is 1.50 bits per heavy atom. The molecular formula is C11H11N3O2. The quantitative estimate of drug-likeness (QED) is 0.793. The number of hydrogen-bond acceptors (Lipinski definition) is 4. The van der Waals surface area contributed by atoms with Crippen molar-refractivity contribution in [3.05, 3.63) is 24.6 Å². The number of benzene rings is 1. The molecule has 2 aromatic rings. The Bertz CT molecular complexity index is 557. The highest BCUT2D eigenvalue weighted by molar-refractivity contribution is 6.00. The predicted octanol–water partition coefficient (Wildman–Crippen LogP) is 1.26. The van der Waals surface area contributed by atoms with E-state index < -0.39 is 5.54 Å². The second kappa shape index (κ2) is 3.05. The van der Waals surface area contributed by atoms with E-state index in [-0.39, 0.29) is 5.91 Å². The molecule has 1 fully saturated rings. The molecule has 0 saturated heterocycles. The lowest BCUT2D eigenvalue weighted by Crippen LogP contribution is -2.37. The van der Waals surface area contributed by atoms with E-state index in [0.717, 1.165) is 18.4 Å². The summed E-state index contributed by atoms with van der Waals surface area (Å²) in [4.78, 5) is 15.7. The molecule has 5 heteroatoms. The van der Waals surface area contributed by atoms with E-state index in [1.54, 1.807) is 18.2 Å². The third-order valence-electron chi connectivity index (χ3n) is 2.83. The molecule has 82 valence electrons. The Kier molecular flexibility index (Phi) is 1.79. The number of hydrogen-bond donors (Lipinski definition) is 2. The van der Waals surface area contributed by atoms with Crippen molar-refractivity contribution in [2.24, 2.45) is 5.73 Å². The fourth-order valence-corrected chi connectivity index (χ4v) is 1.55. The van der Waals surface area contributed by atoms with Crippen molar-refractivity contribution < 1.29 is 9.21 Å². The molecule has 1 aromatic carbocycles. The van der Waals surface area contributed by atoms with Gasteiger partial charge in [-0.2, -0.15) is 0 Å². The van der Waals surface area contributed by atoms with Crippen LogP contribution < -0.4 is 11.1 Å². The fourth-order valence-electron chi connectivity index (χ4n) is 1.55. The molecule has 3 rings (SSSR count). The molecule has 0 atom stereocenters. The summed E-state index contributed by atoms with van der Waals surface area (Å²) in [5.74, 6) is -0.133. The Balaban J connectivity index is 1.86. The number of aromatic nitrogens is 1. The van der Waals surface area contributed by atoms with Crippen LogP contribution in [0.25, 0.3) is 11.1 Å². The van der Waals surface area contributed by atoms with Gasteiger partial charge in [0.1, 0.15) is 5.52 Å². The first-order valence-corrected chi connectivity index (χ1v) is 5.11. The van der Waals surface area contributed by atoms with E-state index in [9.17, 15) is 4.79 Å². The maximum Gasteiger partial charge on any atom is 0.244 e. The van der Waals surface area contributed by atoms with E-state index in [0.29, 0.717) is 11.3 Å². The van der Waals surface area contributed by atoms with Gasteiger partial charge in [-0.15, -0.1) is 0 Å². The third kappa shape index (κ3) is 1.45. The van der Waals surface area contributed by atoms with Crippen molar-refractivity contribution >= 4 is 22.7 Å². The zero-order chi connectivity index (χ0) is 11.2. The molecule has 0 radical (unpaired) electrons. The second-order valence-electron chi connectivity index (χ2n) is 4.15. The van der Waals surface area contributed by atoms with Crippen LogP contribution in [0.1, 0.15) is 12.8 Å². The van der Waals surface area contributed by atoms with Crippen LogP contribution in [0.3, 0.4) is 0 Å². The van der Waals surface area contributed by atoms with E-state index in [1.807, 2.05) is 0 Å².